The van der Waals surface area contributed by atoms with E-state index in [2.05, 4.69) is 41.5 Å². The molecule has 0 aromatic heterocycles. The molecule has 0 saturated heterocycles. The maximum atomic E-state index is 12.5. The van der Waals surface area contributed by atoms with Gasteiger partial charge in [0, 0.05) is 5.57 Å². The minimum atomic E-state index is -0.812. The van der Waals surface area contributed by atoms with E-state index in [1.807, 2.05) is 6.08 Å². The van der Waals surface area contributed by atoms with Gasteiger partial charge >= 0.3 is 5.97 Å². The van der Waals surface area contributed by atoms with E-state index in [-0.39, 0.29) is 11.7 Å². The number of benzene rings is 1. The molecule has 240 valence electrons. The van der Waals surface area contributed by atoms with Crippen LogP contribution in [0.25, 0.3) is 6.08 Å². The Morgan fingerprint density at radius 2 is 1.72 bits per heavy atom. The number of carboxylic acid groups (broad SMARTS) is 1. The van der Waals surface area contributed by atoms with Crippen LogP contribution in [0.15, 0.2) is 23.8 Å². The fourth-order valence-corrected chi connectivity index (χ4v) is 11.5. The molecule has 0 aliphatic heterocycles. The van der Waals surface area contributed by atoms with Gasteiger partial charge in [-0.2, -0.15) is 0 Å². The van der Waals surface area contributed by atoms with Crippen molar-refractivity contribution < 1.29 is 19.7 Å². The molecule has 1 aromatic carbocycles. The minimum Gasteiger partial charge on any atom is -0.504 e. The number of phenolic OH excluding ortho intramolecular Hbond substituents is 1. The lowest BCUT2D eigenvalue weighted by molar-refractivity contribution is -0.135. The molecule has 0 amide bonds. The average Bonchev–Trinajstić information content (AvgIpc) is 3.33. The SMILES string of the molecule is CC[C@H](CC[C@@H](C)[C@H]1CCC2C3CCC4CC(C(=Cc5ccc(O)c(OC)c5)C(=O)O)CC[C@]4(C)C3CC[C@@]21C)C(C)C. The van der Waals surface area contributed by atoms with Gasteiger partial charge in [-0.05, 0) is 152 Å². The molecule has 4 nitrogen and oxygen atoms in total. The predicted octanol–water partition coefficient (Wildman–Crippen LogP) is 10.2. The van der Waals surface area contributed by atoms with E-state index >= 15 is 0 Å². The third kappa shape index (κ3) is 6.02. The molecule has 4 aliphatic rings. The Labute approximate surface area is 262 Å². The van der Waals surface area contributed by atoms with Gasteiger partial charge in [-0.1, -0.05) is 60.5 Å². The van der Waals surface area contributed by atoms with E-state index in [4.69, 9.17) is 4.74 Å². The summed E-state index contributed by atoms with van der Waals surface area (Å²) in [6.07, 6.45) is 17.2. The number of carboxylic acids is 1. The molecule has 4 saturated carbocycles. The van der Waals surface area contributed by atoms with Crippen molar-refractivity contribution in [3.8, 4) is 11.5 Å². The summed E-state index contributed by atoms with van der Waals surface area (Å²) in [6.45, 7) is 15.1. The van der Waals surface area contributed by atoms with Crippen LogP contribution in [0.2, 0.25) is 0 Å². The normalized spacial score (nSPS) is 37.3. The first-order valence-corrected chi connectivity index (χ1v) is 17.7. The molecule has 43 heavy (non-hydrogen) atoms. The first-order chi connectivity index (χ1) is 20.4. The molecule has 0 spiro atoms. The highest BCUT2D eigenvalue weighted by molar-refractivity contribution is 5.93. The first-order valence-electron chi connectivity index (χ1n) is 17.7. The largest absolute Gasteiger partial charge is 0.504 e. The number of fused-ring (bicyclic) bond motifs is 5. The van der Waals surface area contributed by atoms with E-state index in [0.29, 0.717) is 28.1 Å². The monoisotopic (exact) mass is 592 g/mol. The van der Waals surface area contributed by atoms with Crippen LogP contribution < -0.4 is 4.74 Å². The zero-order chi connectivity index (χ0) is 31.1. The number of hydrogen-bond donors (Lipinski definition) is 2. The van der Waals surface area contributed by atoms with Gasteiger partial charge in [0.05, 0.1) is 7.11 Å². The fraction of sp³-hybridized carbons (Fsp3) is 0.769. The Kier molecular flexibility index (Phi) is 9.65. The van der Waals surface area contributed by atoms with Crippen LogP contribution in [-0.4, -0.2) is 23.3 Å². The third-order valence-electron chi connectivity index (χ3n) is 14.1. The van der Waals surface area contributed by atoms with Crippen molar-refractivity contribution in [1.29, 1.82) is 0 Å². The van der Waals surface area contributed by atoms with Gasteiger partial charge in [0.2, 0.25) is 0 Å². The quantitative estimate of drug-likeness (QED) is 0.265. The Balaban J connectivity index is 1.28. The van der Waals surface area contributed by atoms with Crippen molar-refractivity contribution in [2.75, 3.05) is 7.11 Å². The molecule has 5 rings (SSSR count). The fourth-order valence-electron chi connectivity index (χ4n) is 11.5. The predicted molar refractivity (Wildman–Crippen MR) is 176 cm³/mol. The van der Waals surface area contributed by atoms with E-state index in [9.17, 15) is 15.0 Å². The summed E-state index contributed by atoms with van der Waals surface area (Å²) in [6, 6.07) is 5.10. The highest BCUT2D eigenvalue weighted by Gasteiger charge is 2.60. The van der Waals surface area contributed by atoms with Crippen LogP contribution in [0.1, 0.15) is 124 Å². The molecule has 4 aliphatic carbocycles. The molecular weight excluding hydrogens is 532 g/mol. The second-order valence-corrected chi connectivity index (χ2v) is 16.2. The summed E-state index contributed by atoms with van der Waals surface area (Å²) in [7, 11) is 1.52. The van der Waals surface area contributed by atoms with Crippen molar-refractivity contribution in [2.24, 2.45) is 64.1 Å². The molecule has 0 bridgehead atoms. The molecule has 10 atom stereocenters. The lowest BCUT2D eigenvalue weighted by Gasteiger charge is -2.61. The van der Waals surface area contributed by atoms with Crippen molar-refractivity contribution in [3.05, 3.63) is 29.3 Å². The maximum absolute atomic E-state index is 12.5. The third-order valence-corrected chi connectivity index (χ3v) is 14.1. The molecule has 2 N–H and O–H groups in total. The van der Waals surface area contributed by atoms with Gasteiger partial charge in [-0.3, -0.25) is 0 Å². The summed E-state index contributed by atoms with van der Waals surface area (Å²) in [5.41, 5.74) is 2.13. The van der Waals surface area contributed by atoms with Crippen LogP contribution in [0.3, 0.4) is 0 Å². The Bertz CT molecular complexity index is 1170. The molecular formula is C39H60O4. The van der Waals surface area contributed by atoms with Crippen molar-refractivity contribution in [2.45, 2.75) is 119 Å². The van der Waals surface area contributed by atoms with Crippen LogP contribution in [0, 0.1) is 64.1 Å². The molecule has 4 fully saturated rings. The summed E-state index contributed by atoms with van der Waals surface area (Å²) >= 11 is 0. The number of aliphatic carboxylic acids is 1. The van der Waals surface area contributed by atoms with Crippen molar-refractivity contribution in [3.63, 3.8) is 0 Å². The molecule has 5 unspecified atom stereocenters. The summed E-state index contributed by atoms with van der Waals surface area (Å²) in [4.78, 5) is 12.5. The number of hydrogen-bond acceptors (Lipinski definition) is 3. The molecule has 1 aromatic rings. The topological polar surface area (TPSA) is 66.8 Å². The van der Waals surface area contributed by atoms with Crippen LogP contribution >= 0.6 is 0 Å². The standard InChI is InChI=1S/C39H60O4/c1-8-27(24(2)3)11-9-25(4)32-14-15-33-30-13-12-29-23-28(17-19-38(29,5)34(30)18-20-39(32,33)6)31(37(41)42)21-26-10-16-35(40)36(22-26)43-7/h10,16,21-22,24-25,27-30,32-34,40H,8-9,11-15,17-20,23H2,1-7H3,(H,41,42)/t25-,27-,28?,29?,30?,32-,33?,34?,38+,39-/m1/s1. The maximum Gasteiger partial charge on any atom is 0.331 e. The van der Waals surface area contributed by atoms with Crippen molar-refractivity contribution >= 4 is 12.0 Å². The number of rotatable bonds is 10. The highest BCUT2D eigenvalue weighted by Crippen LogP contribution is 2.69. The van der Waals surface area contributed by atoms with Gasteiger partial charge in [0.25, 0.3) is 0 Å². The molecule has 0 radical (unpaired) electrons. The number of ether oxygens (including phenoxy) is 1. The zero-order valence-electron chi connectivity index (χ0n) is 28.2. The lowest BCUT2D eigenvalue weighted by Crippen LogP contribution is -2.53. The molecule has 0 heterocycles. The number of methoxy groups -OCH3 is 1. The first kappa shape index (κ1) is 32.4. The van der Waals surface area contributed by atoms with Gasteiger partial charge in [0.1, 0.15) is 0 Å². The minimum absolute atomic E-state index is 0.0737. The van der Waals surface area contributed by atoms with Crippen LogP contribution in [0.4, 0.5) is 0 Å². The summed E-state index contributed by atoms with van der Waals surface area (Å²) < 4.78 is 5.27. The molecule has 4 heteroatoms. The average molecular weight is 593 g/mol. The van der Waals surface area contributed by atoms with Crippen LogP contribution in [-0.2, 0) is 4.79 Å². The van der Waals surface area contributed by atoms with E-state index in [1.165, 1.54) is 64.9 Å². The Morgan fingerprint density at radius 3 is 2.40 bits per heavy atom. The van der Waals surface area contributed by atoms with Gasteiger partial charge < -0.3 is 14.9 Å². The number of phenols is 1. The van der Waals surface area contributed by atoms with Crippen molar-refractivity contribution in [1.82, 2.24) is 0 Å². The van der Waals surface area contributed by atoms with Gasteiger partial charge in [-0.25, -0.2) is 4.79 Å². The lowest BCUT2D eigenvalue weighted by atomic mass is 9.43. The second-order valence-electron chi connectivity index (χ2n) is 16.2. The number of aromatic hydroxyl groups is 1. The van der Waals surface area contributed by atoms with Gasteiger partial charge in [0.15, 0.2) is 11.5 Å². The Morgan fingerprint density at radius 1 is 1.00 bits per heavy atom. The number of carbonyl (C=O) groups is 1. The smallest absolute Gasteiger partial charge is 0.331 e. The van der Waals surface area contributed by atoms with E-state index < -0.39 is 5.97 Å². The van der Waals surface area contributed by atoms with E-state index in [0.717, 1.165) is 66.3 Å². The zero-order valence-corrected chi connectivity index (χ0v) is 28.2. The van der Waals surface area contributed by atoms with E-state index in [1.54, 1.807) is 18.2 Å². The second kappa shape index (κ2) is 12.8. The summed E-state index contributed by atoms with van der Waals surface area (Å²) in [5.74, 6) is 6.22. The Hall–Kier alpha value is -1.97. The summed E-state index contributed by atoms with van der Waals surface area (Å²) in [5, 5.41) is 20.3. The van der Waals surface area contributed by atoms with Crippen LogP contribution in [0.5, 0.6) is 11.5 Å². The van der Waals surface area contributed by atoms with Gasteiger partial charge in [-0.15, -0.1) is 0 Å². The highest BCUT2D eigenvalue weighted by atomic mass is 16.5.